The minimum atomic E-state index is -0.954. The van der Waals surface area contributed by atoms with E-state index < -0.39 is 5.97 Å². The van der Waals surface area contributed by atoms with Crippen molar-refractivity contribution in [2.24, 2.45) is 17.3 Å². The zero-order valence-corrected chi connectivity index (χ0v) is 13.1. The highest BCUT2D eigenvalue weighted by Crippen LogP contribution is 2.57. The normalized spacial score (nSPS) is 44.3. The second kappa shape index (κ2) is 4.16. The molecule has 0 aromatic heterocycles. The lowest BCUT2D eigenvalue weighted by molar-refractivity contribution is -0.482. The highest BCUT2D eigenvalue weighted by molar-refractivity contribution is 14.1. The molecule has 1 aliphatic carbocycles. The van der Waals surface area contributed by atoms with Crippen LogP contribution in [0, 0.1) is 20.8 Å². The van der Waals surface area contributed by atoms with E-state index in [0.717, 1.165) is 31.3 Å². The first-order chi connectivity index (χ1) is 9.14. The van der Waals surface area contributed by atoms with Crippen molar-refractivity contribution in [3.05, 3.63) is 33.4 Å². The van der Waals surface area contributed by atoms with Crippen molar-refractivity contribution >= 4 is 22.6 Å². The quantitative estimate of drug-likeness (QED) is 0.747. The van der Waals surface area contributed by atoms with Gasteiger partial charge in [0, 0.05) is 14.5 Å². The van der Waals surface area contributed by atoms with Crippen LogP contribution in [0.2, 0.25) is 0 Å². The molecule has 3 aliphatic heterocycles. The molecule has 3 saturated heterocycles. The predicted molar refractivity (Wildman–Crippen MR) is 78.4 cm³/mol. The summed E-state index contributed by atoms with van der Waals surface area (Å²) in [6, 6.07) is 8.17. The molecule has 4 fully saturated rings. The van der Waals surface area contributed by atoms with Crippen LogP contribution in [0.5, 0.6) is 0 Å². The van der Waals surface area contributed by atoms with Crippen molar-refractivity contribution in [1.82, 2.24) is 0 Å². The Hall–Kier alpha value is -0.170. The van der Waals surface area contributed by atoms with Crippen LogP contribution >= 0.6 is 22.6 Å². The molecule has 102 valence electrons. The Bertz CT molecular complexity index is 474. The van der Waals surface area contributed by atoms with Crippen molar-refractivity contribution < 1.29 is 14.2 Å². The van der Waals surface area contributed by atoms with Gasteiger partial charge < -0.3 is 14.2 Å². The number of hydrogen-bond donors (Lipinski definition) is 0. The van der Waals surface area contributed by atoms with Gasteiger partial charge in [-0.2, -0.15) is 0 Å². The molecule has 0 amide bonds. The molecule has 2 atom stereocenters. The van der Waals surface area contributed by atoms with E-state index in [2.05, 4.69) is 41.6 Å². The van der Waals surface area contributed by atoms with Crippen LogP contribution in [-0.2, 0) is 20.2 Å². The molecule has 2 bridgehead atoms. The Kier molecular flexibility index (Phi) is 2.75. The second-order valence-electron chi connectivity index (χ2n) is 6.11. The largest absolute Gasteiger partial charge is 0.323 e. The molecule has 1 aromatic carbocycles. The summed E-state index contributed by atoms with van der Waals surface area (Å²) in [7, 11) is 0. The fourth-order valence-corrected chi connectivity index (χ4v) is 3.73. The smallest absolute Gasteiger partial charge is 0.312 e. The maximum absolute atomic E-state index is 6.00. The van der Waals surface area contributed by atoms with Gasteiger partial charge in [-0.25, -0.2) is 0 Å². The van der Waals surface area contributed by atoms with Gasteiger partial charge in [-0.15, -0.1) is 0 Å². The molecular weight excluding hydrogens is 355 g/mol. The van der Waals surface area contributed by atoms with Crippen LogP contribution in [-0.4, -0.2) is 19.8 Å². The van der Waals surface area contributed by atoms with E-state index in [4.69, 9.17) is 14.2 Å². The Morgan fingerprint density at radius 2 is 1.58 bits per heavy atom. The summed E-state index contributed by atoms with van der Waals surface area (Å²) in [6.07, 6.45) is 1.28. The van der Waals surface area contributed by atoms with Gasteiger partial charge in [0.15, 0.2) is 0 Å². The van der Waals surface area contributed by atoms with Crippen LogP contribution in [0.25, 0.3) is 0 Å². The summed E-state index contributed by atoms with van der Waals surface area (Å²) >= 11 is 2.29. The van der Waals surface area contributed by atoms with Gasteiger partial charge in [-0.1, -0.05) is 6.92 Å². The van der Waals surface area contributed by atoms with Gasteiger partial charge in [-0.05, 0) is 65.1 Å². The lowest BCUT2D eigenvalue weighted by Gasteiger charge is -2.52. The fourth-order valence-electron chi connectivity index (χ4n) is 3.37. The lowest BCUT2D eigenvalue weighted by Crippen LogP contribution is -2.59. The fraction of sp³-hybridized carbons (Fsp3) is 0.600. The molecule has 2 unspecified atom stereocenters. The standard InChI is InChI=1S/C15H17IO3/c1-10-6-13(10)14-7-17-15(18-8-14,19-9-14)11-2-4-12(16)5-3-11/h2-5,10,13H,6-9H2,1H3. The summed E-state index contributed by atoms with van der Waals surface area (Å²) in [5, 5.41) is 0. The average Bonchev–Trinajstić information content (AvgIpc) is 3.19. The minimum absolute atomic E-state index is 0.102. The SMILES string of the molecule is CC1CC1C12COC(c3ccc(I)cc3)(OC1)OC2. The van der Waals surface area contributed by atoms with Gasteiger partial charge in [-0.3, -0.25) is 0 Å². The third-order valence-electron chi connectivity index (χ3n) is 4.74. The first kappa shape index (κ1) is 12.6. The Labute approximate surface area is 126 Å². The van der Waals surface area contributed by atoms with Gasteiger partial charge in [0.2, 0.25) is 0 Å². The summed E-state index contributed by atoms with van der Waals surface area (Å²) in [4.78, 5) is 0. The van der Waals surface area contributed by atoms with Crippen molar-refractivity contribution in [2.75, 3.05) is 19.8 Å². The zero-order chi connectivity index (χ0) is 13.1. The van der Waals surface area contributed by atoms with E-state index >= 15 is 0 Å². The second-order valence-corrected chi connectivity index (χ2v) is 7.36. The van der Waals surface area contributed by atoms with Crippen LogP contribution < -0.4 is 0 Å². The first-order valence-electron chi connectivity index (χ1n) is 6.82. The van der Waals surface area contributed by atoms with Crippen LogP contribution in [0.15, 0.2) is 24.3 Å². The molecule has 1 saturated carbocycles. The summed E-state index contributed by atoms with van der Waals surface area (Å²) in [5.41, 5.74) is 1.06. The van der Waals surface area contributed by atoms with Crippen LogP contribution in [0.1, 0.15) is 18.9 Å². The van der Waals surface area contributed by atoms with Gasteiger partial charge in [0.1, 0.15) is 0 Å². The molecule has 0 radical (unpaired) electrons. The van der Waals surface area contributed by atoms with Gasteiger partial charge >= 0.3 is 5.97 Å². The molecule has 1 aromatic rings. The molecular formula is C15H17IO3. The molecule has 5 rings (SSSR count). The predicted octanol–water partition coefficient (Wildman–Crippen LogP) is 3.12. The summed E-state index contributed by atoms with van der Waals surface area (Å²) in [5.74, 6) is 0.548. The number of rotatable bonds is 2. The van der Waals surface area contributed by atoms with Crippen molar-refractivity contribution in [3.8, 4) is 0 Å². The maximum atomic E-state index is 6.00. The number of benzene rings is 1. The molecule has 4 aliphatic rings. The van der Waals surface area contributed by atoms with Crippen molar-refractivity contribution in [3.63, 3.8) is 0 Å². The minimum Gasteiger partial charge on any atom is -0.323 e. The third kappa shape index (κ3) is 1.87. The number of ether oxygens (including phenoxy) is 3. The monoisotopic (exact) mass is 372 g/mol. The molecule has 0 N–H and O–H groups in total. The Balaban J connectivity index is 1.59. The van der Waals surface area contributed by atoms with E-state index in [-0.39, 0.29) is 5.41 Å². The lowest BCUT2D eigenvalue weighted by atomic mass is 9.82. The van der Waals surface area contributed by atoms with E-state index in [1.807, 2.05) is 12.1 Å². The molecule has 4 heteroatoms. The van der Waals surface area contributed by atoms with Crippen molar-refractivity contribution in [2.45, 2.75) is 19.3 Å². The van der Waals surface area contributed by atoms with E-state index in [9.17, 15) is 0 Å². The van der Waals surface area contributed by atoms with E-state index in [1.54, 1.807) is 0 Å². The van der Waals surface area contributed by atoms with Gasteiger partial charge in [0.05, 0.1) is 19.8 Å². The van der Waals surface area contributed by atoms with Gasteiger partial charge in [0.25, 0.3) is 0 Å². The zero-order valence-electron chi connectivity index (χ0n) is 10.9. The topological polar surface area (TPSA) is 27.7 Å². The maximum Gasteiger partial charge on any atom is 0.312 e. The Morgan fingerprint density at radius 3 is 2.05 bits per heavy atom. The molecule has 0 spiro atoms. The number of hydrogen-bond acceptors (Lipinski definition) is 3. The van der Waals surface area contributed by atoms with Crippen LogP contribution in [0.4, 0.5) is 0 Å². The Morgan fingerprint density at radius 1 is 1.05 bits per heavy atom. The highest BCUT2D eigenvalue weighted by atomic mass is 127. The number of fused-ring (bicyclic) bond motifs is 3. The molecule has 3 nitrogen and oxygen atoms in total. The summed E-state index contributed by atoms with van der Waals surface area (Å²) in [6.45, 7) is 4.57. The summed E-state index contributed by atoms with van der Waals surface area (Å²) < 4.78 is 19.2. The van der Waals surface area contributed by atoms with Crippen molar-refractivity contribution in [1.29, 1.82) is 0 Å². The molecule has 19 heavy (non-hydrogen) atoms. The number of halogens is 1. The third-order valence-corrected chi connectivity index (χ3v) is 5.46. The van der Waals surface area contributed by atoms with E-state index in [0.29, 0.717) is 5.92 Å². The van der Waals surface area contributed by atoms with E-state index in [1.165, 1.54) is 9.99 Å². The highest BCUT2D eigenvalue weighted by Gasteiger charge is 2.61. The molecule has 3 heterocycles. The average molecular weight is 372 g/mol. The van der Waals surface area contributed by atoms with Crippen LogP contribution in [0.3, 0.4) is 0 Å². The first-order valence-corrected chi connectivity index (χ1v) is 7.89.